The lowest BCUT2D eigenvalue weighted by molar-refractivity contribution is -0.133. The summed E-state index contributed by atoms with van der Waals surface area (Å²) in [6.07, 6.45) is 2.41. The molecule has 0 spiro atoms. The standard InChI is InChI=1S/C30H39N3O5/c1-22(2)18-29(36)31-12-10-24(11-13-31)26-4-3-5-27(19-26)33(30(37)32-14-16-38-17-15-32)20-23-6-8-25(9-7-23)28(35)21-34/h3-9,19,22,24,34H,10-18,20-21H2,1-2H3. The van der Waals surface area contributed by atoms with Gasteiger partial charge in [-0.25, -0.2) is 4.79 Å². The number of aliphatic hydroxyl groups excluding tert-OH is 1. The normalized spacial score (nSPS) is 16.5. The van der Waals surface area contributed by atoms with Crippen LogP contribution in [0.3, 0.4) is 0 Å². The van der Waals surface area contributed by atoms with Crippen LogP contribution in [0.25, 0.3) is 0 Å². The predicted molar refractivity (Wildman–Crippen MR) is 146 cm³/mol. The molecule has 0 saturated carbocycles. The second kappa shape index (κ2) is 13.0. The highest BCUT2D eigenvalue weighted by Crippen LogP contribution is 2.32. The van der Waals surface area contributed by atoms with E-state index in [2.05, 4.69) is 26.0 Å². The van der Waals surface area contributed by atoms with Gasteiger partial charge in [-0.1, -0.05) is 50.2 Å². The summed E-state index contributed by atoms with van der Waals surface area (Å²) >= 11 is 0. The van der Waals surface area contributed by atoms with Crippen LogP contribution in [0.1, 0.15) is 60.5 Å². The highest BCUT2D eigenvalue weighted by atomic mass is 16.5. The number of hydrogen-bond donors (Lipinski definition) is 1. The summed E-state index contributed by atoms with van der Waals surface area (Å²) in [5.41, 5.74) is 3.35. The van der Waals surface area contributed by atoms with E-state index in [0.717, 1.165) is 37.2 Å². The molecule has 2 saturated heterocycles. The number of benzene rings is 2. The van der Waals surface area contributed by atoms with E-state index in [9.17, 15) is 14.4 Å². The fraction of sp³-hybridized carbons (Fsp3) is 0.500. The van der Waals surface area contributed by atoms with E-state index in [1.165, 1.54) is 5.56 Å². The summed E-state index contributed by atoms with van der Waals surface area (Å²) in [7, 11) is 0. The van der Waals surface area contributed by atoms with Crippen LogP contribution in [-0.4, -0.2) is 78.6 Å². The number of carbonyl (C=O) groups is 3. The monoisotopic (exact) mass is 521 g/mol. The Hall–Kier alpha value is -3.23. The molecule has 2 aromatic carbocycles. The zero-order chi connectivity index (χ0) is 27.1. The van der Waals surface area contributed by atoms with Crippen molar-refractivity contribution in [3.05, 3.63) is 65.2 Å². The molecule has 0 bridgehead atoms. The van der Waals surface area contributed by atoms with Gasteiger partial charge >= 0.3 is 6.03 Å². The van der Waals surface area contributed by atoms with E-state index in [4.69, 9.17) is 9.84 Å². The molecule has 1 N–H and O–H groups in total. The Morgan fingerprint density at radius 2 is 1.66 bits per heavy atom. The first-order valence-corrected chi connectivity index (χ1v) is 13.6. The molecule has 0 atom stereocenters. The summed E-state index contributed by atoms with van der Waals surface area (Å²) < 4.78 is 5.45. The number of morpholine rings is 1. The number of likely N-dealkylation sites (tertiary alicyclic amines) is 1. The second-order valence-electron chi connectivity index (χ2n) is 10.6. The minimum Gasteiger partial charge on any atom is -0.388 e. The lowest BCUT2D eigenvalue weighted by Gasteiger charge is -2.35. The van der Waals surface area contributed by atoms with E-state index in [-0.39, 0.29) is 17.7 Å². The van der Waals surface area contributed by atoms with Crippen LogP contribution in [0.4, 0.5) is 10.5 Å². The number of rotatable bonds is 8. The Morgan fingerprint density at radius 3 is 2.29 bits per heavy atom. The molecule has 4 rings (SSSR count). The maximum absolute atomic E-state index is 13.7. The summed E-state index contributed by atoms with van der Waals surface area (Å²) in [5, 5.41) is 9.14. The van der Waals surface area contributed by atoms with Crippen LogP contribution >= 0.6 is 0 Å². The van der Waals surface area contributed by atoms with E-state index in [1.54, 1.807) is 17.0 Å². The number of hydrogen-bond acceptors (Lipinski definition) is 5. The zero-order valence-corrected chi connectivity index (χ0v) is 22.5. The van der Waals surface area contributed by atoms with Gasteiger partial charge in [-0.2, -0.15) is 0 Å². The predicted octanol–water partition coefficient (Wildman–Crippen LogP) is 4.07. The van der Waals surface area contributed by atoms with Crippen molar-refractivity contribution in [3.63, 3.8) is 0 Å². The quantitative estimate of drug-likeness (QED) is 0.529. The summed E-state index contributed by atoms with van der Waals surface area (Å²) in [4.78, 5) is 43.6. The molecule has 2 aliphatic rings. The van der Waals surface area contributed by atoms with Gasteiger partial charge < -0.3 is 19.6 Å². The number of aliphatic hydroxyl groups is 1. The number of carbonyl (C=O) groups excluding carboxylic acids is 3. The van der Waals surface area contributed by atoms with Crippen molar-refractivity contribution < 1.29 is 24.2 Å². The van der Waals surface area contributed by atoms with Gasteiger partial charge in [-0.05, 0) is 47.9 Å². The Labute approximate surface area is 225 Å². The van der Waals surface area contributed by atoms with Crippen molar-refractivity contribution >= 4 is 23.4 Å². The molecule has 2 aliphatic heterocycles. The topological polar surface area (TPSA) is 90.4 Å². The maximum Gasteiger partial charge on any atom is 0.324 e. The average molecular weight is 522 g/mol. The van der Waals surface area contributed by atoms with Crippen molar-refractivity contribution in [2.45, 2.75) is 45.6 Å². The number of nitrogens with zero attached hydrogens (tertiary/aromatic N) is 3. The van der Waals surface area contributed by atoms with E-state index in [1.807, 2.05) is 34.1 Å². The van der Waals surface area contributed by atoms with Crippen LogP contribution in [0.15, 0.2) is 48.5 Å². The van der Waals surface area contributed by atoms with Crippen LogP contribution in [-0.2, 0) is 16.1 Å². The first-order valence-electron chi connectivity index (χ1n) is 13.6. The van der Waals surface area contributed by atoms with E-state index >= 15 is 0 Å². The van der Waals surface area contributed by atoms with Gasteiger partial charge in [0, 0.05) is 43.9 Å². The van der Waals surface area contributed by atoms with Crippen molar-refractivity contribution in [1.29, 1.82) is 0 Å². The fourth-order valence-corrected chi connectivity index (χ4v) is 5.15. The van der Waals surface area contributed by atoms with Crippen molar-refractivity contribution in [2.75, 3.05) is 50.9 Å². The van der Waals surface area contributed by atoms with Gasteiger partial charge in [0.2, 0.25) is 5.91 Å². The lowest BCUT2D eigenvalue weighted by Crippen LogP contribution is -2.48. The lowest BCUT2D eigenvalue weighted by atomic mass is 9.89. The molecule has 0 aliphatic carbocycles. The smallest absolute Gasteiger partial charge is 0.324 e. The molecular weight excluding hydrogens is 482 g/mol. The van der Waals surface area contributed by atoms with Crippen molar-refractivity contribution in [2.24, 2.45) is 5.92 Å². The number of Topliss-reactive ketones (excluding diaryl/α,β-unsaturated/α-hetero) is 1. The molecule has 3 amide bonds. The summed E-state index contributed by atoms with van der Waals surface area (Å²) in [6, 6.07) is 15.2. The summed E-state index contributed by atoms with van der Waals surface area (Å²) in [6.45, 7) is 7.62. The molecule has 0 aromatic heterocycles. The van der Waals surface area contributed by atoms with Gasteiger partial charge in [-0.15, -0.1) is 0 Å². The SMILES string of the molecule is CC(C)CC(=O)N1CCC(c2cccc(N(Cc3ccc(C(=O)CO)cc3)C(=O)N3CCOCC3)c2)CC1. The van der Waals surface area contributed by atoms with Crippen LogP contribution < -0.4 is 4.90 Å². The van der Waals surface area contributed by atoms with Gasteiger partial charge in [0.1, 0.15) is 6.61 Å². The minimum absolute atomic E-state index is 0.0740. The third-order valence-electron chi connectivity index (χ3n) is 7.36. The number of anilines is 1. The molecule has 0 radical (unpaired) electrons. The van der Waals surface area contributed by atoms with E-state index in [0.29, 0.717) is 56.7 Å². The summed E-state index contributed by atoms with van der Waals surface area (Å²) in [5.74, 6) is 0.601. The Balaban J connectivity index is 1.52. The number of ketones is 1. The van der Waals surface area contributed by atoms with Crippen molar-refractivity contribution in [1.82, 2.24) is 9.80 Å². The van der Waals surface area contributed by atoms with Gasteiger partial charge in [0.25, 0.3) is 0 Å². The Kier molecular flexibility index (Phi) is 9.53. The first-order chi connectivity index (χ1) is 18.4. The number of amides is 3. The van der Waals surface area contributed by atoms with E-state index < -0.39 is 6.61 Å². The molecule has 2 fully saturated rings. The maximum atomic E-state index is 13.7. The molecule has 2 heterocycles. The Bertz CT molecular complexity index is 1100. The van der Waals surface area contributed by atoms with Crippen LogP contribution in [0.2, 0.25) is 0 Å². The van der Waals surface area contributed by atoms with Gasteiger partial charge in [0.05, 0.1) is 19.8 Å². The highest BCUT2D eigenvalue weighted by molar-refractivity contribution is 5.97. The van der Waals surface area contributed by atoms with Gasteiger partial charge in [0.15, 0.2) is 5.78 Å². The molecule has 0 unspecified atom stereocenters. The zero-order valence-electron chi connectivity index (χ0n) is 22.5. The highest BCUT2D eigenvalue weighted by Gasteiger charge is 2.27. The number of urea groups is 1. The Morgan fingerprint density at radius 1 is 0.974 bits per heavy atom. The molecule has 204 valence electrons. The largest absolute Gasteiger partial charge is 0.388 e. The fourth-order valence-electron chi connectivity index (χ4n) is 5.15. The molecule has 8 nitrogen and oxygen atoms in total. The molecular formula is C30H39N3O5. The second-order valence-corrected chi connectivity index (χ2v) is 10.6. The molecule has 2 aromatic rings. The third-order valence-corrected chi connectivity index (χ3v) is 7.36. The average Bonchev–Trinajstić information content (AvgIpc) is 2.95. The van der Waals surface area contributed by atoms with Gasteiger partial charge in [-0.3, -0.25) is 14.5 Å². The van der Waals surface area contributed by atoms with Crippen LogP contribution in [0, 0.1) is 5.92 Å². The third kappa shape index (κ3) is 6.99. The number of piperidine rings is 1. The molecule has 38 heavy (non-hydrogen) atoms. The number of ether oxygens (including phenoxy) is 1. The first kappa shape index (κ1) is 27.8. The minimum atomic E-state index is -0.529. The molecule has 8 heteroatoms. The van der Waals surface area contributed by atoms with Crippen molar-refractivity contribution in [3.8, 4) is 0 Å². The van der Waals surface area contributed by atoms with Crippen LogP contribution in [0.5, 0.6) is 0 Å².